The molecule has 7 heteroatoms. The lowest BCUT2D eigenvalue weighted by atomic mass is 10.4. The Labute approximate surface area is 108 Å². The van der Waals surface area contributed by atoms with Gasteiger partial charge < -0.3 is 5.32 Å². The first-order valence-corrected chi connectivity index (χ1v) is 8.03. The van der Waals surface area contributed by atoms with Crippen LogP contribution in [0.15, 0.2) is 17.2 Å². The van der Waals surface area contributed by atoms with Crippen LogP contribution in [0.5, 0.6) is 0 Å². The maximum absolute atomic E-state index is 11.8. The number of nitrogens with one attached hydrogen (secondary N) is 1. The molecular formula is C11H21N3O3S. The number of nitrogens with zero attached hydrogens (tertiary/aromatic N) is 2. The van der Waals surface area contributed by atoms with Crippen molar-refractivity contribution in [2.75, 3.05) is 25.1 Å². The fraction of sp³-hybridized carbons (Fsp3) is 0.727. The van der Waals surface area contributed by atoms with E-state index in [-0.39, 0.29) is 17.5 Å². The van der Waals surface area contributed by atoms with Crippen molar-refractivity contribution in [1.29, 1.82) is 0 Å². The van der Waals surface area contributed by atoms with Gasteiger partial charge in [0.1, 0.15) is 9.84 Å². The van der Waals surface area contributed by atoms with Crippen molar-refractivity contribution < 1.29 is 8.42 Å². The Hall–Kier alpha value is -1.08. The van der Waals surface area contributed by atoms with E-state index in [4.69, 9.17) is 0 Å². The van der Waals surface area contributed by atoms with Gasteiger partial charge in [-0.3, -0.25) is 9.13 Å². The number of rotatable bonds is 7. The van der Waals surface area contributed by atoms with E-state index in [2.05, 4.69) is 5.32 Å². The topological polar surface area (TPSA) is 73.1 Å². The number of sulfone groups is 1. The minimum Gasteiger partial charge on any atom is -0.314 e. The lowest BCUT2D eigenvalue weighted by Gasteiger charge is -2.06. The van der Waals surface area contributed by atoms with Gasteiger partial charge in [0.05, 0.1) is 5.75 Å². The van der Waals surface area contributed by atoms with Crippen LogP contribution in [0.3, 0.4) is 0 Å². The van der Waals surface area contributed by atoms with Gasteiger partial charge >= 0.3 is 5.69 Å². The Morgan fingerprint density at radius 3 is 2.44 bits per heavy atom. The second kappa shape index (κ2) is 6.19. The van der Waals surface area contributed by atoms with E-state index in [1.54, 1.807) is 21.5 Å². The van der Waals surface area contributed by atoms with E-state index >= 15 is 0 Å². The molecule has 0 bridgehead atoms. The zero-order chi connectivity index (χ0) is 13.8. The third kappa shape index (κ3) is 4.66. The van der Waals surface area contributed by atoms with Gasteiger partial charge in [-0.1, -0.05) is 0 Å². The van der Waals surface area contributed by atoms with Gasteiger partial charge in [0.2, 0.25) is 0 Å². The fourth-order valence-corrected chi connectivity index (χ4v) is 2.09. The molecule has 0 radical (unpaired) electrons. The molecule has 0 unspecified atom stereocenters. The van der Waals surface area contributed by atoms with E-state index in [0.29, 0.717) is 19.6 Å². The van der Waals surface area contributed by atoms with E-state index in [1.807, 2.05) is 13.8 Å². The third-order valence-electron chi connectivity index (χ3n) is 2.61. The van der Waals surface area contributed by atoms with Crippen LogP contribution in [-0.2, 0) is 16.4 Å². The van der Waals surface area contributed by atoms with Gasteiger partial charge in [0.15, 0.2) is 0 Å². The maximum Gasteiger partial charge on any atom is 0.328 e. The molecule has 0 saturated carbocycles. The molecule has 0 amide bonds. The summed E-state index contributed by atoms with van der Waals surface area (Å²) < 4.78 is 25.1. The summed E-state index contributed by atoms with van der Waals surface area (Å²) in [6.07, 6.45) is 4.73. The molecule has 0 atom stereocenters. The van der Waals surface area contributed by atoms with Gasteiger partial charge in [-0.15, -0.1) is 0 Å². The molecule has 104 valence electrons. The van der Waals surface area contributed by atoms with Crippen molar-refractivity contribution in [2.24, 2.45) is 0 Å². The molecule has 0 aliphatic carbocycles. The first-order chi connectivity index (χ1) is 8.31. The van der Waals surface area contributed by atoms with Crippen LogP contribution in [0.25, 0.3) is 0 Å². The molecule has 0 spiro atoms. The summed E-state index contributed by atoms with van der Waals surface area (Å²) in [5, 5.41) is 3.01. The first kappa shape index (κ1) is 15.0. The number of hydrogen-bond donors (Lipinski definition) is 1. The number of hydrogen-bond acceptors (Lipinski definition) is 4. The molecule has 1 heterocycles. The smallest absolute Gasteiger partial charge is 0.314 e. The molecule has 1 N–H and O–H groups in total. The third-order valence-corrected chi connectivity index (χ3v) is 3.55. The molecular weight excluding hydrogens is 254 g/mol. The van der Waals surface area contributed by atoms with Crippen LogP contribution in [0.4, 0.5) is 0 Å². The molecule has 1 aromatic rings. The van der Waals surface area contributed by atoms with Crippen LogP contribution >= 0.6 is 0 Å². The van der Waals surface area contributed by atoms with Gasteiger partial charge in [-0.2, -0.15) is 0 Å². The monoisotopic (exact) mass is 275 g/mol. The van der Waals surface area contributed by atoms with Gasteiger partial charge in [-0.25, -0.2) is 13.2 Å². The molecule has 0 aromatic carbocycles. The van der Waals surface area contributed by atoms with Gasteiger partial charge in [0.25, 0.3) is 0 Å². The normalized spacial score (nSPS) is 12.2. The predicted octanol–water partition coefficient (Wildman–Crippen LogP) is -0.135. The van der Waals surface area contributed by atoms with Gasteiger partial charge in [0, 0.05) is 44.3 Å². The molecule has 18 heavy (non-hydrogen) atoms. The maximum atomic E-state index is 11.8. The predicted molar refractivity (Wildman–Crippen MR) is 71.7 cm³/mol. The summed E-state index contributed by atoms with van der Waals surface area (Å²) >= 11 is 0. The SMILES string of the molecule is CC(C)n1ccn(CCNCCS(C)(=O)=O)c1=O. The van der Waals surface area contributed by atoms with Crippen LogP contribution in [-0.4, -0.2) is 42.7 Å². The zero-order valence-electron chi connectivity index (χ0n) is 11.1. The van der Waals surface area contributed by atoms with Crippen molar-refractivity contribution in [3.05, 3.63) is 22.9 Å². The molecule has 1 rings (SSSR count). The molecule has 0 fully saturated rings. The van der Waals surface area contributed by atoms with Crippen molar-refractivity contribution in [3.8, 4) is 0 Å². The van der Waals surface area contributed by atoms with E-state index < -0.39 is 9.84 Å². The Morgan fingerprint density at radius 1 is 1.28 bits per heavy atom. The van der Waals surface area contributed by atoms with E-state index in [1.165, 1.54) is 6.26 Å². The second-order valence-electron chi connectivity index (χ2n) is 4.66. The van der Waals surface area contributed by atoms with Crippen LogP contribution in [0.2, 0.25) is 0 Å². The highest BCUT2D eigenvalue weighted by Gasteiger charge is 2.05. The number of aromatic nitrogens is 2. The molecule has 6 nitrogen and oxygen atoms in total. The van der Waals surface area contributed by atoms with Crippen LogP contribution < -0.4 is 11.0 Å². The summed E-state index contributed by atoms with van der Waals surface area (Å²) in [5.41, 5.74) is -0.0325. The Balaban J connectivity index is 2.39. The van der Waals surface area contributed by atoms with E-state index in [0.717, 1.165) is 0 Å². The molecule has 0 aliphatic rings. The molecule has 0 aliphatic heterocycles. The Kier molecular flexibility index (Phi) is 5.15. The standard InChI is InChI=1S/C11H21N3O3S/c1-10(2)14-8-7-13(11(14)15)6-4-12-5-9-18(3,16)17/h7-8,10,12H,4-6,9H2,1-3H3. The Morgan fingerprint density at radius 2 is 1.94 bits per heavy atom. The quantitative estimate of drug-likeness (QED) is 0.703. The second-order valence-corrected chi connectivity index (χ2v) is 6.91. The Bertz CT molecular complexity index is 528. The minimum absolute atomic E-state index is 0.0325. The van der Waals surface area contributed by atoms with E-state index in [9.17, 15) is 13.2 Å². The summed E-state index contributed by atoms with van der Waals surface area (Å²) in [6.45, 7) is 5.45. The first-order valence-electron chi connectivity index (χ1n) is 5.97. The van der Waals surface area contributed by atoms with Crippen molar-refractivity contribution in [3.63, 3.8) is 0 Å². The van der Waals surface area contributed by atoms with Crippen LogP contribution in [0.1, 0.15) is 19.9 Å². The van der Waals surface area contributed by atoms with Crippen molar-refractivity contribution >= 4 is 9.84 Å². The fourth-order valence-electron chi connectivity index (χ4n) is 1.57. The minimum atomic E-state index is -2.92. The summed E-state index contributed by atoms with van der Waals surface area (Å²) in [7, 11) is -2.92. The lowest BCUT2D eigenvalue weighted by molar-refractivity contribution is 0.538. The van der Waals surface area contributed by atoms with Gasteiger partial charge in [-0.05, 0) is 13.8 Å². The number of imidazole rings is 1. The largest absolute Gasteiger partial charge is 0.328 e. The highest BCUT2D eigenvalue weighted by Crippen LogP contribution is 1.98. The van der Waals surface area contributed by atoms with Crippen molar-refractivity contribution in [2.45, 2.75) is 26.4 Å². The average molecular weight is 275 g/mol. The molecule has 0 saturated heterocycles. The summed E-state index contributed by atoms with van der Waals surface area (Å²) in [4.78, 5) is 11.8. The zero-order valence-corrected chi connectivity index (χ0v) is 11.9. The van der Waals surface area contributed by atoms with Crippen molar-refractivity contribution in [1.82, 2.24) is 14.5 Å². The summed E-state index contributed by atoms with van der Waals surface area (Å²) in [6, 6.07) is 0.150. The lowest BCUT2D eigenvalue weighted by Crippen LogP contribution is -2.31. The summed E-state index contributed by atoms with van der Waals surface area (Å²) in [5.74, 6) is 0.120. The highest BCUT2D eigenvalue weighted by atomic mass is 32.2. The van der Waals surface area contributed by atoms with Crippen LogP contribution in [0, 0.1) is 0 Å². The molecule has 1 aromatic heterocycles. The average Bonchev–Trinajstić information content (AvgIpc) is 2.58. The highest BCUT2D eigenvalue weighted by molar-refractivity contribution is 7.90.